The molecule has 3 rings (SSSR count). The SMILES string of the molecule is CCC[C@H]1COC[C@H]2CN(c3ccc(C(N)=O)cn3)CCN12. The Morgan fingerprint density at radius 1 is 1.41 bits per heavy atom. The fourth-order valence-electron chi connectivity index (χ4n) is 3.44. The summed E-state index contributed by atoms with van der Waals surface area (Å²) in [4.78, 5) is 20.4. The monoisotopic (exact) mass is 304 g/mol. The Hall–Kier alpha value is -1.66. The molecule has 0 aromatic carbocycles. The molecule has 0 bridgehead atoms. The Morgan fingerprint density at radius 2 is 2.27 bits per heavy atom. The number of rotatable bonds is 4. The van der Waals surface area contributed by atoms with E-state index in [1.165, 1.54) is 12.8 Å². The fraction of sp³-hybridized carbons (Fsp3) is 0.625. The van der Waals surface area contributed by atoms with Crippen molar-refractivity contribution in [3.8, 4) is 0 Å². The first kappa shape index (κ1) is 15.2. The Kier molecular flexibility index (Phi) is 4.59. The zero-order valence-corrected chi connectivity index (χ0v) is 13.1. The molecule has 120 valence electrons. The van der Waals surface area contributed by atoms with Crippen LogP contribution in [-0.2, 0) is 4.74 Å². The molecule has 0 spiro atoms. The van der Waals surface area contributed by atoms with Crippen molar-refractivity contribution in [3.05, 3.63) is 23.9 Å². The summed E-state index contributed by atoms with van der Waals surface area (Å²) in [5.41, 5.74) is 5.71. The molecule has 1 amide bonds. The molecular weight excluding hydrogens is 280 g/mol. The van der Waals surface area contributed by atoms with Gasteiger partial charge in [-0.05, 0) is 18.6 Å². The number of hydrogen-bond acceptors (Lipinski definition) is 5. The number of piperazine rings is 1. The topological polar surface area (TPSA) is 71.7 Å². The molecule has 0 aliphatic carbocycles. The number of amides is 1. The van der Waals surface area contributed by atoms with Crippen LogP contribution in [0.15, 0.2) is 18.3 Å². The first-order valence-corrected chi connectivity index (χ1v) is 8.03. The van der Waals surface area contributed by atoms with E-state index >= 15 is 0 Å². The predicted molar refractivity (Wildman–Crippen MR) is 85.0 cm³/mol. The van der Waals surface area contributed by atoms with Crippen LogP contribution in [0.2, 0.25) is 0 Å². The van der Waals surface area contributed by atoms with Gasteiger partial charge in [0.1, 0.15) is 5.82 Å². The van der Waals surface area contributed by atoms with E-state index in [-0.39, 0.29) is 0 Å². The molecule has 2 atom stereocenters. The number of ether oxygens (including phenoxy) is 1. The molecule has 2 aliphatic heterocycles. The van der Waals surface area contributed by atoms with E-state index in [2.05, 4.69) is 21.7 Å². The van der Waals surface area contributed by atoms with Crippen LogP contribution in [0.4, 0.5) is 5.82 Å². The smallest absolute Gasteiger partial charge is 0.250 e. The van der Waals surface area contributed by atoms with Gasteiger partial charge in [0.25, 0.3) is 0 Å². The Bertz CT molecular complexity index is 517. The summed E-state index contributed by atoms with van der Waals surface area (Å²) in [6.07, 6.45) is 3.94. The number of primary amides is 1. The molecule has 1 aromatic rings. The third kappa shape index (κ3) is 3.08. The van der Waals surface area contributed by atoms with Gasteiger partial charge in [-0.3, -0.25) is 9.69 Å². The standard InChI is InChI=1S/C16H24N4O2/c1-2-3-13-10-22-11-14-9-19(6-7-20(13)14)15-5-4-12(8-18-15)16(17)21/h4-5,8,13-14H,2-3,6-7,9-11H2,1H3,(H2,17,21)/t13-,14+/m0/s1. The number of carbonyl (C=O) groups excluding carboxylic acids is 1. The van der Waals surface area contributed by atoms with Gasteiger partial charge in [0, 0.05) is 31.9 Å². The molecule has 2 fully saturated rings. The number of nitrogens with zero attached hydrogens (tertiary/aromatic N) is 3. The summed E-state index contributed by atoms with van der Waals surface area (Å²) in [5.74, 6) is 0.467. The predicted octanol–water partition coefficient (Wildman–Crippen LogP) is 0.870. The average molecular weight is 304 g/mol. The zero-order valence-electron chi connectivity index (χ0n) is 13.1. The van der Waals surface area contributed by atoms with Crippen molar-refractivity contribution < 1.29 is 9.53 Å². The maximum atomic E-state index is 11.1. The molecule has 6 nitrogen and oxygen atoms in total. The second-order valence-corrected chi connectivity index (χ2v) is 6.09. The molecule has 2 aliphatic rings. The molecule has 0 saturated carbocycles. The van der Waals surface area contributed by atoms with Crippen molar-refractivity contribution in [2.75, 3.05) is 37.7 Å². The van der Waals surface area contributed by atoms with Crippen molar-refractivity contribution in [1.29, 1.82) is 0 Å². The molecular formula is C16H24N4O2. The van der Waals surface area contributed by atoms with E-state index in [1.54, 1.807) is 12.3 Å². The van der Waals surface area contributed by atoms with E-state index in [9.17, 15) is 4.79 Å². The number of fused-ring (bicyclic) bond motifs is 1. The van der Waals surface area contributed by atoms with E-state index in [4.69, 9.17) is 10.5 Å². The van der Waals surface area contributed by atoms with Crippen LogP contribution < -0.4 is 10.6 Å². The van der Waals surface area contributed by atoms with Crippen LogP contribution in [0.25, 0.3) is 0 Å². The summed E-state index contributed by atoms with van der Waals surface area (Å²) >= 11 is 0. The van der Waals surface area contributed by atoms with Crippen LogP contribution in [0.3, 0.4) is 0 Å². The molecule has 0 unspecified atom stereocenters. The molecule has 2 saturated heterocycles. The molecule has 22 heavy (non-hydrogen) atoms. The highest BCUT2D eigenvalue weighted by Crippen LogP contribution is 2.24. The summed E-state index contributed by atoms with van der Waals surface area (Å²) in [6.45, 7) is 6.79. The number of anilines is 1. The number of hydrogen-bond donors (Lipinski definition) is 1. The Balaban J connectivity index is 1.67. The highest BCUT2D eigenvalue weighted by molar-refractivity contribution is 5.92. The Labute approximate surface area is 131 Å². The van der Waals surface area contributed by atoms with Crippen molar-refractivity contribution in [3.63, 3.8) is 0 Å². The van der Waals surface area contributed by atoms with Crippen LogP contribution in [0.1, 0.15) is 30.1 Å². The van der Waals surface area contributed by atoms with Crippen LogP contribution in [0, 0.1) is 0 Å². The molecule has 2 N–H and O–H groups in total. The van der Waals surface area contributed by atoms with Gasteiger partial charge in [-0.15, -0.1) is 0 Å². The lowest BCUT2D eigenvalue weighted by atomic mass is 10.0. The van der Waals surface area contributed by atoms with Gasteiger partial charge in [-0.25, -0.2) is 4.98 Å². The lowest BCUT2D eigenvalue weighted by molar-refractivity contribution is -0.0558. The normalized spacial score (nSPS) is 25.8. The third-order valence-electron chi connectivity index (χ3n) is 4.60. The van der Waals surface area contributed by atoms with Crippen molar-refractivity contribution >= 4 is 11.7 Å². The van der Waals surface area contributed by atoms with E-state index in [0.29, 0.717) is 17.6 Å². The third-order valence-corrected chi connectivity index (χ3v) is 4.60. The number of pyridine rings is 1. The minimum atomic E-state index is -0.438. The van der Waals surface area contributed by atoms with Crippen molar-refractivity contribution in [2.45, 2.75) is 31.8 Å². The Morgan fingerprint density at radius 3 is 2.95 bits per heavy atom. The van der Waals surface area contributed by atoms with Gasteiger partial charge in [-0.1, -0.05) is 13.3 Å². The van der Waals surface area contributed by atoms with E-state index in [1.807, 2.05) is 6.07 Å². The summed E-state index contributed by atoms with van der Waals surface area (Å²) in [5, 5.41) is 0. The van der Waals surface area contributed by atoms with Gasteiger partial charge in [0.05, 0.1) is 24.8 Å². The van der Waals surface area contributed by atoms with E-state index in [0.717, 1.165) is 38.7 Å². The summed E-state index contributed by atoms with van der Waals surface area (Å²) < 4.78 is 5.79. The molecule has 3 heterocycles. The summed E-state index contributed by atoms with van der Waals surface area (Å²) in [6, 6.07) is 4.60. The maximum absolute atomic E-state index is 11.1. The van der Waals surface area contributed by atoms with Gasteiger partial charge >= 0.3 is 0 Å². The quantitative estimate of drug-likeness (QED) is 0.893. The van der Waals surface area contributed by atoms with Gasteiger partial charge in [0.15, 0.2) is 0 Å². The van der Waals surface area contributed by atoms with Crippen molar-refractivity contribution in [2.24, 2.45) is 5.73 Å². The molecule has 6 heteroatoms. The van der Waals surface area contributed by atoms with Crippen LogP contribution >= 0.6 is 0 Å². The summed E-state index contributed by atoms with van der Waals surface area (Å²) in [7, 11) is 0. The number of nitrogens with two attached hydrogens (primary N) is 1. The lowest BCUT2D eigenvalue weighted by Gasteiger charge is -2.48. The van der Waals surface area contributed by atoms with Gasteiger partial charge < -0.3 is 15.4 Å². The number of morpholine rings is 1. The largest absolute Gasteiger partial charge is 0.378 e. The second kappa shape index (κ2) is 6.62. The minimum absolute atomic E-state index is 0.427. The first-order valence-electron chi connectivity index (χ1n) is 8.03. The fourth-order valence-corrected chi connectivity index (χ4v) is 3.44. The molecule has 0 radical (unpaired) electrons. The number of carbonyl (C=O) groups is 1. The maximum Gasteiger partial charge on any atom is 0.250 e. The zero-order chi connectivity index (χ0) is 15.5. The van der Waals surface area contributed by atoms with E-state index < -0.39 is 5.91 Å². The van der Waals surface area contributed by atoms with Crippen LogP contribution in [-0.4, -0.2) is 60.7 Å². The van der Waals surface area contributed by atoms with Gasteiger partial charge in [-0.2, -0.15) is 0 Å². The van der Waals surface area contributed by atoms with Crippen molar-refractivity contribution in [1.82, 2.24) is 9.88 Å². The first-order chi connectivity index (χ1) is 10.7. The van der Waals surface area contributed by atoms with Gasteiger partial charge in [0.2, 0.25) is 5.91 Å². The molecule has 1 aromatic heterocycles. The second-order valence-electron chi connectivity index (χ2n) is 6.09. The average Bonchev–Trinajstić information content (AvgIpc) is 2.55. The highest BCUT2D eigenvalue weighted by Gasteiger charge is 2.35. The number of aromatic nitrogens is 1. The lowest BCUT2D eigenvalue weighted by Crippen LogP contribution is -2.62. The minimum Gasteiger partial charge on any atom is -0.378 e. The highest BCUT2D eigenvalue weighted by atomic mass is 16.5. The van der Waals surface area contributed by atoms with Crippen LogP contribution in [0.5, 0.6) is 0 Å².